The van der Waals surface area contributed by atoms with E-state index in [2.05, 4.69) is 26.2 Å². The summed E-state index contributed by atoms with van der Waals surface area (Å²) in [5.41, 5.74) is 5.88. The minimum absolute atomic E-state index is 0.500. The van der Waals surface area contributed by atoms with Gasteiger partial charge in [-0.15, -0.1) is 0 Å². The van der Waals surface area contributed by atoms with Crippen LogP contribution in [0, 0.1) is 0 Å². The van der Waals surface area contributed by atoms with Crippen LogP contribution in [0.1, 0.15) is 32.1 Å². The van der Waals surface area contributed by atoms with Gasteiger partial charge in [0.05, 0.1) is 6.54 Å². The molecule has 4 nitrogen and oxygen atoms in total. The van der Waals surface area contributed by atoms with E-state index in [9.17, 15) is 0 Å². The molecule has 0 bridgehead atoms. The van der Waals surface area contributed by atoms with Crippen LogP contribution in [0.25, 0.3) is 0 Å². The predicted molar refractivity (Wildman–Crippen MR) is 86.1 cm³/mol. The van der Waals surface area contributed by atoms with E-state index in [1.807, 2.05) is 24.3 Å². The molecule has 1 fully saturated rings. The van der Waals surface area contributed by atoms with E-state index < -0.39 is 0 Å². The maximum absolute atomic E-state index is 5.88. The van der Waals surface area contributed by atoms with Crippen molar-refractivity contribution in [2.24, 2.45) is 10.7 Å². The van der Waals surface area contributed by atoms with Crippen LogP contribution in [0.3, 0.4) is 0 Å². The molecule has 3 N–H and O–H groups in total. The van der Waals surface area contributed by atoms with Gasteiger partial charge in [0.2, 0.25) is 0 Å². The molecule has 1 aromatic carbocycles. The average molecular weight is 340 g/mol. The first kappa shape index (κ1) is 15.2. The fourth-order valence-corrected chi connectivity index (χ4v) is 2.63. The molecular formula is C15H22BrN3O. The van der Waals surface area contributed by atoms with Crippen molar-refractivity contribution in [2.75, 3.05) is 13.2 Å². The molecule has 0 atom stereocenters. The molecule has 0 spiro atoms. The number of hydrogen-bond donors (Lipinski definition) is 2. The Kier molecular flexibility index (Phi) is 6.18. The van der Waals surface area contributed by atoms with Crippen LogP contribution in [0.2, 0.25) is 0 Å². The van der Waals surface area contributed by atoms with E-state index in [0.717, 1.165) is 10.2 Å². The summed E-state index contributed by atoms with van der Waals surface area (Å²) in [4.78, 5) is 4.30. The largest absolute Gasteiger partial charge is 0.492 e. The van der Waals surface area contributed by atoms with Crippen LogP contribution < -0.4 is 15.8 Å². The normalized spacial score (nSPS) is 16.9. The van der Waals surface area contributed by atoms with Gasteiger partial charge >= 0.3 is 0 Å². The highest BCUT2D eigenvalue weighted by molar-refractivity contribution is 9.10. The molecule has 0 aliphatic heterocycles. The number of nitrogens with zero attached hydrogens (tertiary/aromatic N) is 1. The zero-order chi connectivity index (χ0) is 14.2. The first-order valence-corrected chi connectivity index (χ1v) is 7.98. The summed E-state index contributed by atoms with van der Waals surface area (Å²) >= 11 is 3.39. The summed E-state index contributed by atoms with van der Waals surface area (Å²) in [6.07, 6.45) is 6.32. The second-order valence-corrected chi connectivity index (χ2v) is 5.96. The van der Waals surface area contributed by atoms with E-state index in [-0.39, 0.29) is 0 Å². The number of nitrogens with two attached hydrogens (primary N) is 1. The lowest BCUT2D eigenvalue weighted by molar-refractivity contribution is 0.328. The molecule has 0 aromatic heterocycles. The number of guanidine groups is 1. The third kappa shape index (κ3) is 5.41. The van der Waals surface area contributed by atoms with Crippen molar-refractivity contribution in [3.8, 4) is 5.75 Å². The van der Waals surface area contributed by atoms with Crippen LogP contribution >= 0.6 is 15.9 Å². The summed E-state index contributed by atoms with van der Waals surface area (Å²) in [6, 6.07) is 8.27. The highest BCUT2D eigenvalue weighted by atomic mass is 79.9. The minimum atomic E-state index is 0.500. The van der Waals surface area contributed by atoms with Crippen molar-refractivity contribution in [3.05, 3.63) is 28.7 Å². The molecule has 5 heteroatoms. The molecule has 110 valence electrons. The molecular weight excluding hydrogens is 318 g/mol. The van der Waals surface area contributed by atoms with Gasteiger partial charge in [-0.25, -0.2) is 4.99 Å². The fraction of sp³-hybridized carbons (Fsp3) is 0.533. The van der Waals surface area contributed by atoms with Gasteiger partial charge in [-0.1, -0.05) is 35.2 Å². The first-order chi connectivity index (χ1) is 9.74. The number of nitrogens with one attached hydrogen (secondary N) is 1. The van der Waals surface area contributed by atoms with E-state index in [0.29, 0.717) is 25.2 Å². The van der Waals surface area contributed by atoms with Gasteiger partial charge in [-0.2, -0.15) is 0 Å². The Labute approximate surface area is 128 Å². The van der Waals surface area contributed by atoms with Crippen molar-refractivity contribution in [3.63, 3.8) is 0 Å². The van der Waals surface area contributed by atoms with Crippen molar-refractivity contribution in [1.82, 2.24) is 5.32 Å². The standard InChI is InChI=1S/C15H22BrN3O/c16-12-6-8-14(9-7-12)20-11-10-18-15(17)19-13-4-2-1-3-5-13/h6-9,13H,1-5,10-11H2,(H3,17,18,19). The number of rotatable bonds is 5. The molecule has 20 heavy (non-hydrogen) atoms. The summed E-state index contributed by atoms with van der Waals surface area (Å²) in [5.74, 6) is 1.39. The van der Waals surface area contributed by atoms with Gasteiger partial charge in [-0.3, -0.25) is 0 Å². The Balaban J connectivity index is 1.65. The Bertz CT molecular complexity index is 427. The van der Waals surface area contributed by atoms with Gasteiger partial charge in [0.25, 0.3) is 0 Å². The van der Waals surface area contributed by atoms with Crippen LogP contribution in [0.15, 0.2) is 33.7 Å². The smallest absolute Gasteiger partial charge is 0.188 e. The van der Waals surface area contributed by atoms with Gasteiger partial charge in [0, 0.05) is 10.5 Å². The van der Waals surface area contributed by atoms with E-state index in [1.54, 1.807) is 0 Å². The summed E-state index contributed by atoms with van der Waals surface area (Å²) in [5, 5.41) is 3.29. The zero-order valence-electron chi connectivity index (χ0n) is 11.6. The predicted octanol–water partition coefficient (Wildman–Crippen LogP) is 3.06. The second kappa shape index (κ2) is 8.15. The Hall–Kier alpha value is -1.23. The third-order valence-electron chi connectivity index (χ3n) is 3.41. The summed E-state index contributed by atoms with van der Waals surface area (Å²) in [7, 11) is 0. The van der Waals surface area contributed by atoms with Gasteiger partial charge in [0.1, 0.15) is 12.4 Å². The molecule has 0 heterocycles. The Morgan fingerprint density at radius 3 is 2.65 bits per heavy atom. The van der Waals surface area contributed by atoms with Crippen LogP contribution in [0.5, 0.6) is 5.75 Å². The van der Waals surface area contributed by atoms with Gasteiger partial charge < -0.3 is 15.8 Å². The molecule has 1 aliphatic rings. The number of ether oxygens (including phenoxy) is 1. The SMILES string of the molecule is NC(=NCCOc1ccc(Br)cc1)NC1CCCCC1. The number of hydrogen-bond acceptors (Lipinski definition) is 2. The number of halogens is 1. The van der Waals surface area contributed by atoms with Crippen molar-refractivity contribution < 1.29 is 4.74 Å². The molecule has 1 aromatic rings. The van der Waals surface area contributed by atoms with Crippen molar-refractivity contribution in [1.29, 1.82) is 0 Å². The number of aliphatic imine (C=N–C) groups is 1. The monoisotopic (exact) mass is 339 g/mol. The molecule has 0 amide bonds. The lowest BCUT2D eigenvalue weighted by Crippen LogP contribution is -2.41. The fourth-order valence-electron chi connectivity index (χ4n) is 2.36. The highest BCUT2D eigenvalue weighted by Gasteiger charge is 2.12. The lowest BCUT2D eigenvalue weighted by Gasteiger charge is -2.23. The quantitative estimate of drug-likeness (QED) is 0.492. The number of benzene rings is 1. The second-order valence-electron chi connectivity index (χ2n) is 5.05. The van der Waals surface area contributed by atoms with E-state index in [1.165, 1.54) is 32.1 Å². The topological polar surface area (TPSA) is 59.6 Å². The molecule has 2 rings (SSSR count). The highest BCUT2D eigenvalue weighted by Crippen LogP contribution is 2.17. The molecule has 1 aliphatic carbocycles. The Morgan fingerprint density at radius 1 is 1.25 bits per heavy atom. The summed E-state index contributed by atoms with van der Waals surface area (Å²) < 4.78 is 6.64. The molecule has 0 saturated heterocycles. The molecule has 0 unspecified atom stereocenters. The lowest BCUT2D eigenvalue weighted by atomic mass is 9.96. The Morgan fingerprint density at radius 2 is 1.95 bits per heavy atom. The van der Waals surface area contributed by atoms with Gasteiger partial charge in [0.15, 0.2) is 5.96 Å². The maximum Gasteiger partial charge on any atom is 0.188 e. The average Bonchev–Trinajstić information content (AvgIpc) is 2.46. The van der Waals surface area contributed by atoms with E-state index in [4.69, 9.17) is 10.5 Å². The molecule has 0 radical (unpaired) electrons. The molecule has 1 saturated carbocycles. The zero-order valence-corrected chi connectivity index (χ0v) is 13.2. The van der Waals surface area contributed by atoms with Gasteiger partial charge in [-0.05, 0) is 37.1 Å². The third-order valence-corrected chi connectivity index (χ3v) is 3.94. The van der Waals surface area contributed by atoms with Crippen LogP contribution in [0.4, 0.5) is 0 Å². The summed E-state index contributed by atoms with van der Waals surface area (Å²) in [6.45, 7) is 1.11. The maximum atomic E-state index is 5.88. The van der Waals surface area contributed by atoms with Crippen LogP contribution in [-0.4, -0.2) is 25.2 Å². The van der Waals surface area contributed by atoms with Crippen molar-refractivity contribution >= 4 is 21.9 Å². The first-order valence-electron chi connectivity index (χ1n) is 7.19. The minimum Gasteiger partial charge on any atom is -0.492 e. The van der Waals surface area contributed by atoms with E-state index >= 15 is 0 Å². The van der Waals surface area contributed by atoms with Crippen molar-refractivity contribution in [2.45, 2.75) is 38.1 Å². The van der Waals surface area contributed by atoms with Crippen LogP contribution in [-0.2, 0) is 0 Å².